The van der Waals surface area contributed by atoms with Crippen molar-refractivity contribution in [1.82, 2.24) is 14.9 Å². The fraction of sp³-hybridized carbons (Fsp3) is 0.233. The van der Waals surface area contributed by atoms with E-state index in [-0.39, 0.29) is 17.6 Å². The third kappa shape index (κ3) is 4.51. The Morgan fingerprint density at radius 2 is 1.76 bits per heavy atom. The third-order valence-corrected chi connectivity index (χ3v) is 7.39. The van der Waals surface area contributed by atoms with E-state index in [1.807, 2.05) is 31.2 Å². The van der Waals surface area contributed by atoms with Crippen molar-refractivity contribution in [3.63, 3.8) is 0 Å². The number of nitrogens with one attached hydrogen (secondary N) is 1. The Hall–Kier alpha value is -3.97. The molecule has 1 fully saturated rings. The number of benzene rings is 2. The molecular weight excluding hydrogens is 480 g/mol. The van der Waals surface area contributed by atoms with Crippen LogP contribution in [-0.2, 0) is 0 Å². The lowest BCUT2D eigenvalue weighted by molar-refractivity contribution is 0.0697. The molecule has 2 aromatic heterocycles. The van der Waals surface area contributed by atoms with Gasteiger partial charge in [0.2, 0.25) is 0 Å². The van der Waals surface area contributed by atoms with E-state index in [2.05, 4.69) is 70.9 Å². The van der Waals surface area contributed by atoms with E-state index in [0.29, 0.717) is 11.0 Å². The quantitative estimate of drug-likeness (QED) is 0.289. The monoisotopic (exact) mass is 510 g/mol. The predicted octanol–water partition coefficient (Wildman–Crippen LogP) is 6.49. The minimum atomic E-state index is -0.943. The van der Waals surface area contributed by atoms with Crippen LogP contribution in [0.1, 0.15) is 70.4 Å². The van der Waals surface area contributed by atoms with Gasteiger partial charge in [-0.3, -0.25) is 4.98 Å². The smallest absolute Gasteiger partial charge is 0.335 e. The second kappa shape index (κ2) is 9.82. The van der Waals surface area contributed by atoms with Gasteiger partial charge in [-0.2, -0.15) is 0 Å². The van der Waals surface area contributed by atoms with Gasteiger partial charge in [0.25, 0.3) is 0 Å². The van der Waals surface area contributed by atoms with E-state index < -0.39 is 5.97 Å². The molecule has 4 aromatic rings. The number of hydrogen-bond acceptors (Lipinski definition) is 3. The summed E-state index contributed by atoms with van der Waals surface area (Å²) in [6, 6.07) is 23.4. The minimum Gasteiger partial charge on any atom is -0.478 e. The third-order valence-electron chi connectivity index (χ3n) is 7.08. The molecule has 0 amide bonds. The maximum Gasteiger partial charge on any atom is 0.335 e. The summed E-state index contributed by atoms with van der Waals surface area (Å²) >= 11 is 5.90. The number of aromatic carboxylic acids is 1. The number of aryl methyl sites for hydroxylation is 1. The topological polar surface area (TPSA) is 70.4 Å². The molecule has 0 aliphatic carbocycles. The Labute approximate surface area is 222 Å². The summed E-state index contributed by atoms with van der Waals surface area (Å²) < 4.78 is 2.11. The number of anilines is 1. The number of hydrogen-bond donors (Lipinski definition) is 2. The molecule has 2 N–H and O–H groups in total. The Balaban J connectivity index is 1.65. The van der Waals surface area contributed by atoms with Crippen molar-refractivity contribution in [3.8, 4) is 5.69 Å². The number of aromatic nitrogens is 2. The average molecular weight is 511 g/mol. The van der Waals surface area contributed by atoms with E-state index in [9.17, 15) is 9.90 Å². The maximum absolute atomic E-state index is 11.6. The number of carboxylic acid groups (broad SMARTS) is 1. The van der Waals surface area contributed by atoms with Crippen LogP contribution in [0.25, 0.3) is 5.69 Å². The summed E-state index contributed by atoms with van der Waals surface area (Å²) in [5, 5.41) is 13.7. The van der Waals surface area contributed by atoms with Crippen molar-refractivity contribution in [1.29, 1.82) is 0 Å². The minimum absolute atomic E-state index is 0.144. The molecule has 1 aliphatic rings. The SMILES string of the molecule is Cc1cc([C@H]2[C@@H](c3ccccn3)NC(=S)N2c2ccc(C(C)C)cc2)c(C)n1-c1cccc(C(=O)O)c1. The van der Waals surface area contributed by atoms with Crippen molar-refractivity contribution in [2.45, 2.75) is 45.7 Å². The highest BCUT2D eigenvalue weighted by Crippen LogP contribution is 2.44. The van der Waals surface area contributed by atoms with E-state index in [0.717, 1.165) is 34.0 Å². The number of carbonyl (C=O) groups is 1. The molecule has 0 saturated carbocycles. The number of pyridine rings is 1. The second-order valence-corrected chi connectivity index (χ2v) is 10.1. The van der Waals surface area contributed by atoms with Crippen molar-refractivity contribution in [3.05, 3.63) is 113 Å². The Morgan fingerprint density at radius 1 is 1.00 bits per heavy atom. The molecule has 188 valence electrons. The predicted molar refractivity (Wildman–Crippen MR) is 151 cm³/mol. The van der Waals surface area contributed by atoms with Crippen LogP contribution in [0.15, 0.2) is 79.0 Å². The van der Waals surface area contributed by atoms with Crippen molar-refractivity contribution < 1.29 is 9.90 Å². The number of nitrogens with zero attached hydrogens (tertiary/aromatic N) is 3. The van der Waals surface area contributed by atoms with Gasteiger partial charge in [0.05, 0.1) is 23.3 Å². The molecular formula is C30H30N4O2S. The fourth-order valence-electron chi connectivity index (χ4n) is 5.23. The largest absolute Gasteiger partial charge is 0.478 e. The second-order valence-electron chi connectivity index (χ2n) is 9.76. The van der Waals surface area contributed by atoms with E-state index in [1.165, 1.54) is 5.56 Å². The highest BCUT2D eigenvalue weighted by atomic mass is 32.1. The summed E-state index contributed by atoms with van der Waals surface area (Å²) in [6.45, 7) is 8.49. The van der Waals surface area contributed by atoms with E-state index in [4.69, 9.17) is 12.2 Å². The molecule has 5 rings (SSSR count). The van der Waals surface area contributed by atoms with Crippen molar-refractivity contribution in [2.24, 2.45) is 0 Å². The molecule has 0 radical (unpaired) electrons. The molecule has 0 unspecified atom stereocenters. The average Bonchev–Trinajstić information content (AvgIpc) is 3.39. The van der Waals surface area contributed by atoms with E-state index >= 15 is 0 Å². The summed E-state index contributed by atoms with van der Waals surface area (Å²) in [7, 11) is 0. The van der Waals surface area contributed by atoms with Gasteiger partial charge in [-0.05, 0) is 91.6 Å². The molecule has 1 saturated heterocycles. The Morgan fingerprint density at radius 3 is 2.41 bits per heavy atom. The van der Waals surface area contributed by atoms with Crippen molar-refractivity contribution >= 4 is 29.0 Å². The highest BCUT2D eigenvalue weighted by molar-refractivity contribution is 7.80. The van der Waals surface area contributed by atoms with Crippen LogP contribution in [0.2, 0.25) is 0 Å². The molecule has 0 spiro atoms. The summed E-state index contributed by atoms with van der Waals surface area (Å²) in [4.78, 5) is 18.5. The van der Waals surface area contributed by atoms with Gasteiger partial charge in [-0.15, -0.1) is 0 Å². The maximum atomic E-state index is 11.6. The van der Waals surface area contributed by atoms with Crippen LogP contribution in [0.4, 0.5) is 5.69 Å². The lowest BCUT2D eigenvalue weighted by Crippen LogP contribution is -2.29. The zero-order chi connectivity index (χ0) is 26.3. The first kappa shape index (κ1) is 24.7. The first-order valence-corrected chi connectivity index (χ1v) is 12.8. The fourth-order valence-corrected chi connectivity index (χ4v) is 5.58. The molecule has 7 heteroatoms. The first-order valence-electron chi connectivity index (χ1n) is 12.4. The van der Waals surface area contributed by atoms with Gasteiger partial charge < -0.3 is 19.9 Å². The van der Waals surface area contributed by atoms with Gasteiger partial charge in [0.15, 0.2) is 5.11 Å². The zero-order valence-electron chi connectivity index (χ0n) is 21.3. The van der Waals surface area contributed by atoms with Gasteiger partial charge >= 0.3 is 5.97 Å². The van der Waals surface area contributed by atoms with Crippen LogP contribution < -0.4 is 10.2 Å². The number of carboxylic acids is 1. The van der Waals surface area contributed by atoms with Crippen LogP contribution in [0, 0.1) is 13.8 Å². The molecule has 37 heavy (non-hydrogen) atoms. The van der Waals surface area contributed by atoms with Gasteiger partial charge in [-0.25, -0.2) is 4.79 Å². The summed E-state index contributed by atoms with van der Waals surface area (Å²) in [6.07, 6.45) is 1.80. The summed E-state index contributed by atoms with van der Waals surface area (Å²) in [5.74, 6) is -0.503. The normalized spacial score (nSPS) is 17.3. The summed E-state index contributed by atoms with van der Waals surface area (Å²) in [5.41, 5.74) is 7.43. The standard InChI is InChI=1S/C30H30N4O2S/c1-18(2)21-11-13-23(14-12-21)34-28(27(32-30(34)37)26-10-5-6-15-31-26)25-16-19(3)33(20(25)4)24-9-7-8-22(17-24)29(35)36/h5-18,27-28H,1-4H3,(H,32,37)(H,35,36)/t27-,28+/m1/s1. The van der Waals surface area contributed by atoms with Gasteiger partial charge in [-0.1, -0.05) is 38.1 Å². The molecule has 2 aromatic carbocycles. The number of rotatable bonds is 6. The van der Waals surface area contributed by atoms with Crippen molar-refractivity contribution in [2.75, 3.05) is 4.90 Å². The van der Waals surface area contributed by atoms with Crippen LogP contribution in [0.5, 0.6) is 0 Å². The Kier molecular flexibility index (Phi) is 6.56. The molecule has 3 heterocycles. The lowest BCUT2D eigenvalue weighted by Gasteiger charge is -2.28. The molecule has 2 atom stereocenters. The van der Waals surface area contributed by atoms with Crippen LogP contribution in [0.3, 0.4) is 0 Å². The number of thiocarbonyl (C=S) groups is 1. The molecule has 0 bridgehead atoms. The highest BCUT2D eigenvalue weighted by Gasteiger charge is 2.42. The van der Waals surface area contributed by atoms with Crippen LogP contribution in [-0.4, -0.2) is 25.7 Å². The van der Waals surface area contributed by atoms with Gasteiger partial charge in [0, 0.05) is 29.0 Å². The Bertz CT molecular complexity index is 1460. The first-order chi connectivity index (χ1) is 17.8. The van der Waals surface area contributed by atoms with E-state index in [1.54, 1.807) is 24.4 Å². The molecule has 6 nitrogen and oxygen atoms in total. The van der Waals surface area contributed by atoms with Crippen LogP contribution >= 0.6 is 12.2 Å². The molecule has 1 aliphatic heterocycles. The lowest BCUT2D eigenvalue weighted by atomic mass is 9.96. The zero-order valence-corrected chi connectivity index (χ0v) is 22.2. The van der Waals surface area contributed by atoms with Gasteiger partial charge in [0.1, 0.15) is 0 Å².